The highest BCUT2D eigenvalue weighted by Gasteiger charge is 2.33. The number of nitrogens with zero attached hydrogens (tertiary/aromatic N) is 3. The Bertz CT molecular complexity index is 930. The number of nitrogens with one attached hydrogen (secondary N) is 1. The number of hydrogen-bond donors (Lipinski definition) is 1. The zero-order chi connectivity index (χ0) is 20.6. The molecule has 1 aromatic heterocycles. The molecule has 0 atom stereocenters. The van der Waals surface area contributed by atoms with E-state index in [0.29, 0.717) is 18.8 Å². The third-order valence-electron chi connectivity index (χ3n) is 5.55. The molecule has 0 unspecified atom stereocenters. The maximum Gasteiger partial charge on any atom is 0.416 e. The van der Waals surface area contributed by atoms with Crippen molar-refractivity contribution >= 4 is 11.8 Å². The molecule has 1 saturated heterocycles. The summed E-state index contributed by atoms with van der Waals surface area (Å²) in [6.45, 7) is 1.19. The summed E-state index contributed by atoms with van der Waals surface area (Å²) in [6, 6.07) is 4.43. The Balaban J connectivity index is 1.41. The van der Waals surface area contributed by atoms with Crippen molar-refractivity contribution in [2.45, 2.75) is 31.9 Å². The Kier molecular flexibility index (Phi) is 5.06. The molecule has 2 aliphatic rings. The van der Waals surface area contributed by atoms with Crippen molar-refractivity contribution in [1.29, 1.82) is 0 Å². The van der Waals surface area contributed by atoms with E-state index in [4.69, 9.17) is 0 Å². The molecule has 9 heteroatoms. The molecule has 1 fully saturated rings. The standard InChI is InChI=1S/C20H21F3N4O2/c21-20(22,23)14-5-3-4-13(12-14)18(28)26-8-10-27(11-9-26)19(29)17-15-6-1-2-7-16(15)24-25-17/h3-5,12H,1-2,6-11H2,(H,24,25). The fourth-order valence-electron chi connectivity index (χ4n) is 3.93. The second-order valence-corrected chi connectivity index (χ2v) is 7.40. The lowest BCUT2D eigenvalue weighted by molar-refractivity contribution is -0.137. The molecule has 1 aliphatic carbocycles. The van der Waals surface area contributed by atoms with Crippen LogP contribution in [-0.4, -0.2) is 58.0 Å². The molecular weight excluding hydrogens is 385 g/mol. The minimum Gasteiger partial charge on any atom is -0.335 e. The van der Waals surface area contributed by atoms with Crippen LogP contribution in [0.1, 0.15) is 50.5 Å². The molecule has 0 saturated carbocycles. The van der Waals surface area contributed by atoms with Gasteiger partial charge in [0.15, 0.2) is 5.69 Å². The Hall–Kier alpha value is -2.84. The van der Waals surface area contributed by atoms with E-state index < -0.39 is 17.6 Å². The van der Waals surface area contributed by atoms with Crippen LogP contribution < -0.4 is 0 Å². The quantitative estimate of drug-likeness (QED) is 0.834. The maximum atomic E-state index is 12.9. The normalized spacial score (nSPS) is 17.2. The number of alkyl halides is 3. The van der Waals surface area contributed by atoms with Gasteiger partial charge in [0.2, 0.25) is 0 Å². The molecule has 2 amide bonds. The number of piperazine rings is 1. The number of benzene rings is 1. The summed E-state index contributed by atoms with van der Waals surface area (Å²) >= 11 is 0. The van der Waals surface area contributed by atoms with E-state index in [2.05, 4.69) is 10.2 Å². The Morgan fingerprint density at radius 1 is 0.966 bits per heavy atom. The van der Waals surface area contributed by atoms with Gasteiger partial charge >= 0.3 is 6.18 Å². The van der Waals surface area contributed by atoms with Crippen molar-refractivity contribution in [2.75, 3.05) is 26.2 Å². The summed E-state index contributed by atoms with van der Waals surface area (Å²) in [5.74, 6) is -0.615. The van der Waals surface area contributed by atoms with E-state index in [0.717, 1.165) is 49.1 Å². The third kappa shape index (κ3) is 3.86. The molecular formula is C20H21F3N4O2. The number of aryl methyl sites for hydroxylation is 1. The number of fused-ring (bicyclic) bond motifs is 1. The smallest absolute Gasteiger partial charge is 0.335 e. The highest BCUT2D eigenvalue weighted by atomic mass is 19.4. The molecule has 1 aromatic carbocycles. The van der Waals surface area contributed by atoms with E-state index in [1.807, 2.05) is 0 Å². The number of carbonyl (C=O) groups excluding carboxylic acids is 2. The van der Waals surface area contributed by atoms with Crippen LogP contribution in [0, 0.1) is 0 Å². The molecule has 29 heavy (non-hydrogen) atoms. The van der Waals surface area contributed by atoms with Gasteiger partial charge in [-0.05, 0) is 43.9 Å². The Morgan fingerprint density at radius 2 is 1.62 bits per heavy atom. The number of carbonyl (C=O) groups is 2. The second-order valence-electron chi connectivity index (χ2n) is 7.40. The van der Waals surface area contributed by atoms with Crippen LogP contribution in [0.25, 0.3) is 0 Å². The first kappa shape index (κ1) is 19.5. The molecule has 6 nitrogen and oxygen atoms in total. The van der Waals surface area contributed by atoms with Crippen LogP contribution >= 0.6 is 0 Å². The van der Waals surface area contributed by atoms with Crippen LogP contribution in [-0.2, 0) is 19.0 Å². The maximum absolute atomic E-state index is 12.9. The molecule has 154 valence electrons. The average Bonchev–Trinajstić information content (AvgIpc) is 3.16. The lowest BCUT2D eigenvalue weighted by Crippen LogP contribution is -2.50. The largest absolute Gasteiger partial charge is 0.416 e. The van der Waals surface area contributed by atoms with Gasteiger partial charge in [-0.15, -0.1) is 0 Å². The van der Waals surface area contributed by atoms with Gasteiger partial charge in [-0.1, -0.05) is 6.07 Å². The molecule has 0 bridgehead atoms. The van der Waals surface area contributed by atoms with Gasteiger partial charge in [0.1, 0.15) is 0 Å². The summed E-state index contributed by atoms with van der Waals surface area (Å²) in [4.78, 5) is 28.6. The van der Waals surface area contributed by atoms with E-state index in [1.54, 1.807) is 4.90 Å². The minimum atomic E-state index is -4.50. The Labute approximate surface area is 165 Å². The predicted octanol–water partition coefficient (Wildman–Crippen LogP) is 2.91. The number of halogens is 3. The highest BCUT2D eigenvalue weighted by Crippen LogP contribution is 2.30. The van der Waals surface area contributed by atoms with E-state index in [-0.39, 0.29) is 24.6 Å². The van der Waals surface area contributed by atoms with Gasteiger partial charge in [0, 0.05) is 43.0 Å². The van der Waals surface area contributed by atoms with Crippen LogP contribution in [0.5, 0.6) is 0 Å². The van der Waals surface area contributed by atoms with Crippen molar-refractivity contribution < 1.29 is 22.8 Å². The minimum absolute atomic E-state index is 0.000900. The fourth-order valence-corrected chi connectivity index (χ4v) is 3.93. The molecule has 1 N–H and O–H groups in total. The van der Waals surface area contributed by atoms with Crippen molar-refractivity contribution in [2.24, 2.45) is 0 Å². The summed E-state index contributed by atoms with van der Waals surface area (Å²) in [5, 5.41) is 7.16. The number of amides is 2. The number of H-pyrrole nitrogens is 1. The number of rotatable bonds is 2. The third-order valence-corrected chi connectivity index (χ3v) is 5.55. The molecule has 2 heterocycles. The summed E-state index contributed by atoms with van der Waals surface area (Å²) < 4.78 is 38.7. The fraction of sp³-hybridized carbons (Fsp3) is 0.450. The summed E-state index contributed by atoms with van der Waals surface area (Å²) in [6.07, 6.45) is -0.648. The topological polar surface area (TPSA) is 69.3 Å². The molecule has 2 aromatic rings. The average molecular weight is 406 g/mol. The van der Waals surface area contributed by atoms with Gasteiger partial charge in [0.05, 0.1) is 5.56 Å². The van der Waals surface area contributed by atoms with Gasteiger partial charge in [-0.3, -0.25) is 14.7 Å². The molecule has 4 rings (SSSR count). The van der Waals surface area contributed by atoms with E-state index >= 15 is 0 Å². The van der Waals surface area contributed by atoms with Crippen molar-refractivity contribution in [3.8, 4) is 0 Å². The van der Waals surface area contributed by atoms with Gasteiger partial charge in [-0.25, -0.2) is 0 Å². The van der Waals surface area contributed by atoms with Gasteiger partial charge < -0.3 is 9.80 Å². The van der Waals surface area contributed by atoms with Gasteiger partial charge in [-0.2, -0.15) is 18.3 Å². The SMILES string of the molecule is O=C(c1cccc(C(F)(F)F)c1)N1CCN(C(=O)c2n[nH]c3c2CCCC3)CC1. The van der Waals surface area contributed by atoms with Crippen LogP contribution in [0.2, 0.25) is 0 Å². The summed E-state index contributed by atoms with van der Waals surface area (Å²) in [5.41, 5.74) is 1.63. The zero-order valence-electron chi connectivity index (χ0n) is 15.8. The Morgan fingerprint density at radius 3 is 2.31 bits per heavy atom. The summed E-state index contributed by atoms with van der Waals surface area (Å²) in [7, 11) is 0. The lowest BCUT2D eigenvalue weighted by atomic mass is 9.95. The zero-order valence-corrected chi connectivity index (χ0v) is 15.8. The first-order valence-electron chi connectivity index (χ1n) is 9.66. The van der Waals surface area contributed by atoms with Crippen molar-refractivity contribution in [1.82, 2.24) is 20.0 Å². The van der Waals surface area contributed by atoms with Crippen LogP contribution in [0.3, 0.4) is 0 Å². The molecule has 0 radical (unpaired) electrons. The molecule has 0 spiro atoms. The highest BCUT2D eigenvalue weighted by molar-refractivity contribution is 5.96. The molecule has 1 aliphatic heterocycles. The van der Waals surface area contributed by atoms with E-state index in [1.165, 1.54) is 17.0 Å². The number of hydrogen-bond acceptors (Lipinski definition) is 3. The second kappa shape index (κ2) is 7.53. The van der Waals surface area contributed by atoms with Crippen LogP contribution in [0.15, 0.2) is 24.3 Å². The number of aromatic amines is 1. The van der Waals surface area contributed by atoms with Crippen molar-refractivity contribution in [3.05, 3.63) is 52.3 Å². The lowest BCUT2D eigenvalue weighted by Gasteiger charge is -2.34. The number of aromatic nitrogens is 2. The monoisotopic (exact) mass is 406 g/mol. The van der Waals surface area contributed by atoms with Crippen molar-refractivity contribution in [3.63, 3.8) is 0 Å². The van der Waals surface area contributed by atoms with E-state index in [9.17, 15) is 22.8 Å². The van der Waals surface area contributed by atoms with Gasteiger partial charge in [0.25, 0.3) is 11.8 Å². The first-order chi connectivity index (χ1) is 13.8. The van der Waals surface area contributed by atoms with Crippen LogP contribution in [0.4, 0.5) is 13.2 Å². The first-order valence-corrected chi connectivity index (χ1v) is 9.66. The predicted molar refractivity (Wildman–Crippen MR) is 98.5 cm³/mol.